The second kappa shape index (κ2) is 7.16. The van der Waals surface area contributed by atoms with Crippen LogP contribution in [0.3, 0.4) is 0 Å². The molecule has 0 N–H and O–H groups in total. The van der Waals surface area contributed by atoms with Crippen molar-refractivity contribution in [3.63, 3.8) is 0 Å². The molecule has 3 aliphatic rings. The zero-order chi connectivity index (χ0) is 17.1. The molecule has 1 saturated carbocycles. The molecule has 1 spiro atoms. The molecule has 0 bridgehead atoms. The van der Waals surface area contributed by atoms with E-state index in [2.05, 4.69) is 0 Å². The van der Waals surface area contributed by atoms with Gasteiger partial charge in [0.1, 0.15) is 0 Å². The number of morpholine rings is 1. The summed E-state index contributed by atoms with van der Waals surface area (Å²) in [6.07, 6.45) is 6.18. The van der Waals surface area contributed by atoms with Crippen LogP contribution in [-0.2, 0) is 14.3 Å². The smallest absolute Gasteiger partial charge is 0.263 e. The number of rotatable bonds is 2. The van der Waals surface area contributed by atoms with E-state index in [1.165, 1.54) is 19.3 Å². The molecule has 1 aromatic carbocycles. The topological polar surface area (TPSA) is 51.1 Å². The van der Waals surface area contributed by atoms with Gasteiger partial charge in [0.05, 0.1) is 24.3 Å². The van der Waals surface area contributed by atoms with Crippen molar-refractivity contribution < 1.29 is 14.3 Å². The number of aliphatic imine (C=N–C) groups is 1. The molecule has 2 saturated heterocycles. The minimum Gasteiger partial charge on any atom is -0.467 e. The van der Waals surface area contributed by atoms with E-state index in [1.54, 1.807) is 0 Å². The average molecular weight is 342 g/mol. The molecule has 25 heavy (non-hydrogen) atoms. The quantitative estimate of drug-likeness (QED) is 0.828. The van der Waals surface area contributed by atoms with E-state index < -0.39 is 6.10 Å². The van der Waals surface area contributed by atoms with Crippen molar-refractivity contribution in [1.29, 1.82) is 0 Å². The molecule has 1 unspecified atom stereocenters. The van der Waals surface area contributed by atoms with Gasteiger partial charge in [-0.3, -0.25) is 4.79 Å². The second-order valence-electron chi connectivity index (χ2n) is 7.34. The second-order valence-corrected chi connectivity index (χ2v) is 7.34. The first-order valence-corrected chi connectivity index (χ1v) is 9.44. The molecule has 5 nitrogen and oxygen atoms in total. The number of carbonyl (C=O) groups is 1. The van der Waals surface area contributed by atoms with E-state index in [9.17, 15) is 4.79 Å². The van der Waals surface area contributed by atoms with Crippen LogP contribution in [0.1, 0.15) is 38.5 Å². The lowest BCUT2D eigenvalue weighted by molar-refractivity contribution is -0.142. The maximum Gasteiger partial charge on any atom is 0.263 e. The third-order valence-corrected chi connectivity index (χ3v) is 5.68. The van der Waals surface area contributed by atoms with E-state index in [1.807, 2.05) is 35.2 Å². The van der Waals surface area contributed by atoms with Crippen LogP contribution in [0, 0.1) is 5.41 Å². The molecule has 2 aliphatic heterocycles. The van der Waals surface area contributed by atoms with Crippen LogP contribution in [0.15, 0.2) is 35.3 Å². The molecule has 0 radical (unpaired) electrons. The Hall–Kier alpha value is -1.88. The largest absolute Gasteiger partial charge is 0.467 e. The molecular weight excluding hydrogens is 316 g/mol. The first-order chi connectivity index (χ1) is 12.3. The van der Waals surface area contributed by atoms with Crippen LogP contribution in [0.2, 0.25) is 0 Å². The van der Waals surface area contributed by atoms with Crippen molar-refractivity contribution in [3.05, 3.63) is 30.3 Å². The van der Waals surface area contributed by atoms with Crippen molar-refractivity contribution in [2.75, 3.05) is 26.3 Å². The van der Waals surface area contributed by atoms with Gasteiger partial charge in [0.15, 0.2) is 12.0 Å². The van der Waals surface area contributed by atoms with Crippen LogP contribution in [0.4, 0.5) is 5.69 Å². The Labute approximate surface area is 149 Å². The van der Waals surface area contributed by atoms with Crippen molar-refractivity contribution in [1.82, 2.24) is 4.90 Å². The highest BCUT2D eigenvalue weighted by molar-refractivity contribution is 5.93. The van der Waals surface area contributed by atoms with Crippen LogP contribution in [-0.4, -0.2) is 49.1 Å². The summed E-state index contributed by atoms with van der Waals surface area (Å²) in [6, 6.07) is 9.94. The predicted molar refractivity (Wildman–Crippen MR) is 95.9 cm³/mol. The highest BCUT2D eigenvalue weighted by Crippen LogP contribution is 2.47. The van der Waals surface area contributed by atoms with E-state index >= 15 is 0 Å². The standard InChI is InChI=1S/C20H26N2O3/c23-18(22-11-13-24-14-12-22)17-15-20(9-5-2-6-10-20)19(25-17)21-16-7-3-1-4-8-16/h1,3-4,7-8,17H,2,5-6,9-15H2. The van der Waals surface area contributed by atoms with Gasteiger partial charge in [-0.05, 0) is 25.0 Å². The number of hydrogen-bond donors (Lipinski definition) is 0. The maximum absolute atomic E-state index is 12.9. The molecule has 3 fully saturated rings. The SMILES string of the molecule is O=C(C1CC2(CCCCC2)C(=Nc2ccccc2)O1)N1CCOCC1. The Balaban J connectivity index is 1.58. The summed E-state index contributed by atoms with van der Waals surface area (Å²) in [5.41, 5.74) is 0.850. The third kappa shape index (κ3) is 3.43. The molecule has 134 valence electrons. The molecule has 1 aromatic rings. The minimum absolute atomic E-state index is 0.0549. The van der Waals surface area contributed by atoms with Crippen molar-refractivity contribution in [2.45, 2.75) is 44.6 Å². The van der Waals surface area contributed by atoms with Gasteiger partial charge in [-0.1, -0.05) is 37.5 Å². The fourth-order valence-electron chi connectivity index (χ4n) is 4.28. The lowest BCUT2D eigenvalue weighted by Crippen LogP contribution is -2.45. The summed E-state index contributed by atoms with van der Waals surface area (Å²) in [5, 5.41) is 0. The van der Waals surface area contributed by atoms with E-state index in [0.29, 0.717) is 26.3 Å². The van der Waals surface area contributed by atoms with E-state index in [4.69, 9.17) is 14.5 Å². The van der Waals surface area contributed by atoms with Gasteiger partial charge in [0.2, 0.25) is 0 Å². The molecule has 5 heteroatoms. The average Bonchev–Trinajstić information content (AvgIpc) is 3.01. The lowest BCUT2D eigenvalue weighted by atomic mass is 9.72. The number of nitrogens with zero attached hydrogens (tertiary/aromatic N) is 2. The summed E-state index contributed by atoms with van der Waals surface area (Å²) in [7, 11) is 0. The Morgan fingerprint density at radius 2 is 1.80 bits per heavy atom. The van der Waals surface area contributed by atoms with Crippen LogP contribution in [0.5, 0.6) is 0 Å². The summed E-state index contributed by atoms with van der Waals surface area (Å²) >= 11 is 0. The maximum atomic E-state index is 12.9. The van der Waals surface area contributed by atoms with Gasteiger partial charge < -0.3 is 14.4 Å². The number of ether oxygens (including phenoxy) is 2. The van der Waals surface area contributed by atoms with E-state index in [0.717, 1.165) is 30.8 Å². The molecule has 4 rings (SSSR count). The summed E-state index contributed by atoms with van der Waals surface area (Å²) in [4.78, 5) is 19.6. The summed E-state index contributed by atoms with van der Waals surface area (Å²) in [5.74, 6) is 0.886. The number of hydrogen-bond acceptors (Lipinski definition) is 4. The fourth-order valence-corrected chi connectivity index (χ4v) is 4.28. The molecule has 2 heterocycles. The van der Waals surface area contributed by atoms with Gasteiger partial charge in [0.25, 0.3) is 5.91 Å². The van der Waals surface area contributed by atoms with Gasteiger partial charge >= 0.3 is 0 Å². The normalized spacial score (nSPS) is 27.4. The Morgan fingerprint density at radius 3 is 2.52 bits per heavy atom. The first-order valence-electron chi connectivity index (χ1n) is 9.44. The van der Waals surface area contributed by atoms with Gasteiger partial charge in [-0.25, -0.2) is 4.99 Å². The lowest BCUT2D eigenvalue weighted by Gasteiger charge is -2.31. The number of para-hydroxylation sites is 1. The molecule has 1 aliphatic carbocycles. The third-order valence-electron chi connectivity index (χ3n) is 5.68. The van der Waals surface area contributed by atoms with Crippen molar-refractivity contribution in [2.24, 2.45) is 10.4 Å². The summed E-state index contributed by atoms with van der Waals surface area (Å²) in [6.45, 7) is 2.57. The Bertz CT molecular complexity index is 632. The zero-order valence-corrected chi connectivity index (χ0v) is 14.7. The molecule has 0 aromatic heterocycles. The van der Waals surface area contributed by atoms with Crippen LogP contribution < -0.4 is 0 Å². The molecule has 1 amide bonds. The monoisotopic (exact) mass is 342 g/mol. The molecular formula is C20H26N2O3. The molecule has 1 atom stereocenters. The number of benzene rings is 1. The van der Waals surface area contributed by atoms with Crippen LogP contribution in [0.25, 0.3) is 0 Å². The van der Waals surface area contributed by atoms with Gasteiger partial charge in [-0.15, -0.1) is 0 Å². The number of carbonyl (C=O) groups excluding carboxylic acids is 1. The van der Waals surface area contributed by atoms with Crippen molar-refractivity contribution in [3.8, 4) is 0 Å². The Kier molecular flexibility index (Phi) is 4.75. The first kappa shape index (κ1) is 16.6. The van der Waals surface area contributed by atoms with Gasteiger partial charge in [-0.2, -0.15) is 0 Å². The van der Waals surface area contributed by atoms with Gasteiger partial charge in [0, 0.05) is 19.5 Å². The van der Waals surface area contributed by atoms with Crippen LogP contribution >= 0.6 is 0 Å². The fraction of sp³-hybridized carbons (Fsp3) is 0.600. The number of amides is 1. The highest BCUT2D eigenvalue weighted by Gasteiger charge is 2.50. The minimum atomic E-state index is -0.390. The van der Waals surface area contributed by atoms with Crippen molar-refractivity contribution >= 4 is 17.5 Å². The predicted octanol–water partition coefficient (Wildman–Crippen LogP) is 3.31. The highest BCUT2D eigenvalue weighted by atomic mass is 16.5. The zero-order valence-electron chi connectivity index (χ0n) is 14.7. The summed E-state index contributed by atoms with van der Waals surface area (Å²) < 4.78 is 11.6. The Morgan fingerprint density at radius 1 is 1.08 bits per heavy atom. The van der Waals surface area contributed by atoms with E-state index in [-0.39, 0.29) is 11.3 Å².